The summed E-state index contributed by atoms with van der Waals surface area (Å²) < 4.78 is 10.4. The van der Waals surface area contributed by atoms with Gasteiger partial charge < -0.3 is 14.8 Å². The maximum Gasteiger partial charge on any atom is 0.255 e. The largest absolute Gasteiger partial charge is 0.497 e. The van der Waals surface area contributed by atoms with Crippen LogP contribution in [-0.4, -0.2) is 20.1 Å². The number of hydrogen-bond donors (Lipinski definition) is 1. The van der Waals surface area contributed by atoms with E-state index in [1.807, 2.05) is 18.2 Å². The van der Waals surface area contributed by atoms with Crippen molar-refractivity contribution >= 4 is 23.0 Å². The molecule has 3 aromatic carbocycles. The molecule has 1 amide bonds. The summed E-state index contributed by atoms with van der Waals surface area (Å²) in [6, 6.07) is 21.4. The van der Waals surface area contributed by atoms with Crippen molar-refractivity contribution < 1.29 is 14.3 Å². The molecular weight excluding hydrogens is 342 g/mol. The van der Waals surface area contributed by atoms with Gasteiger partial charge in [0.05, 0.1) is 25.6 Å². The Morgan fingerprint density at radius 2 is 1.48 bits per heavy atom. The molecule has 6 nitrogen and oxygen atoms in total. The first-order chi connectivity index (χ1) is 13.2. The molecule has 3 rings (SSSR count). The molecule has 0 heterocycles. The number of methoxy groups -OCH3 is 2. The normalized spacial score (nSPS) is 10.6. The van der Waals surface area contributed by atoms with Gasteiger partial charge in [0.25, 0.3) is 5.91 Å². The van der Waals surface area contributed by atoms with Crippen LogP contribution in [0.3, 0.4) is 0 Å². The van der Waals surface area contributed by atoms with Crippen molar-refractivity contribution in [1.29, 1.82) is 0 Å². The topological polar surface area (TPSA) is 72.3 Å². The second-order valence-electron chi connectivity index (χ2n) is 5.60. The Hall–Kier alpha value is -3.67. The number of benzene rings is 3. The van der Waals surface area contributed by atoms with Crippen LogP contribution in [-0.2, 0) is 0 Å². The number of nitrogens with one attached hydrogen (secondary N) is 1. The molecule has 1 N–H and O–H groups in total. The minimum Gasteiger partial charge on any atom is -0.497 e. The maximum absolute atomic E-state index is 12.5. The van der Waals surface area contributed by atoms with E-state index in [2.05, 4.69) is 15.5 Å². The average molecular weight is 361 g/mol. The Labute approximate surface area is 157 Å². The molecule has 0 unspecified atom stereocenters. The number of amides is 1. The number of hydrogen-bond acceptors (Lipinski definition) is 5. The average Bonchev–Trinajstić information content (AvgIpc) is 2.73. The molecule has 3 aromatic rings. The predicted molar refractivity (Wildman–Crippen MR) is 105 cm³/mol. The van der Waals surface area contributed by atoms with Crippen LogP contribution in [0.25, 0.3) is 0 Å². The van der Waals surface area contributed by atoms with Gasteiger partial charge in [0.2, 0.25) is 0 Å². The molecule has 0 radical (unpaired) electrons. The minimum absolute atomic E-state index is 0.232. The summed E-state index contributed by atoms with van der Waals surface area (Å²) >= 11 is 0. The Morgan fingerprint density at radius 1 is 0.815 bits per heavy atom. The number of anilines is 1. The summed E-state index contributed by atoms with van der Waals surface area (Å²) in [5.74, 6) is 1.13. The van der Waals surface area contributed by atoms with E-state index in [1.165, 1.54) is 0 Å². The lowest BCUT2D eigenvalue weighted by Gasteiger charge is -2.10. The Kier molecular flexibility index (Phi) is 5.79. The molecule has 0 saturated carbocycles. The van der Waals surface area contributed by atoms with E-state index >= 15 is 0 Å². The molecule has 0 fully saturated rings. The highest BCUT2D eigenvalue weighted by Crippen LogP contribution is 2.31. The van der Waals surface area contributed by atoms with E-state index in [9.17, 15) is 4.79 Å². The molecule has 0 saturated heterocycles. The molecule has 0 bridgehead atoms. The van der Waals surface area contributed by atoms with E-state index in [0.29, 0.717) is 28.4 Å². The van der Waals surface area contributed by atoms with E-state index in [1.54, 1.807) is 68.8 Å². The number of rotatable bonds is 6. The predicted octanol–water partition coefficient (Wildman–Crippen LogP) is 5.37. The van der Waals surface area contributed by atoms with Crippen LogP contribution in [0.1, 0.15) is 10.4 Å². The lowest BCUT2D eigenvalue weighted by molar-refractivity contribution is 0.102. The third-order valence-corrected chi connectivity index (χ3v) is 3.83. The quantitative estimate of drug-likeness (QED) is 0.600. The van der Waals surface area contributed by atoms with Gasteiger partial charge in [-0.2, -0.15) is 5.11 Å². The number of azo groups is 1. The van der Waals surface area contributed by atoms with Crippen LogP contribution in [0.5, 0.6) is 11.5 Å². The second-order valence-corrected chi connectivity index (χ2v) is 5.60. The molecule has 0 atom stereocenters. The summed E-state index contributed by atoms with van der Waals surface area (Å²) in [7, 11) is 3.17. The van der Waals surface area contributed by atoms with Crippen LogP contribution in [0.4, 0.5) is 17.1 Å². The maximum atomic E-state index is 12.5. The zero-order valence-corrected chi connectivity index (χ0v) is 15.0. The summed E-state index contributed by atoms with van der Waals surface area (Å²) in [5.41, 5.74) is 2.27. The summed E-state index contributed by atoms with van der Waals surface area (Å²) in [5, 5.41) is 11.4. The number of ether oxygens (including phenoxy) is 2. The van der Waals surface area contributed by atoms with Crippen LogP contribution in [0.2, 0.25) is 0 Å². The van der Waals surface area contributed by atoms with Gasteiger partial charge in [-0.1, -0.05) is 18.2 Å². The summed E-state index contributed by atoms with van der Waals surface area (Å²) in [4.78, 5) is 12.5. The summed E-state index contributed by atoms with van der Waals surface area (Å²) in [6.07, 6.45) is 0. The van der Waals surface area contributed by atoms with Crippen molar-refractivity contribution in [2.45, 2.75) is 0 Å². The lowest BCUT2D eigenvalue weighted by Crippen LogP contribution is -2.11. The Morgan fingerprint density at radius 3 is 2.15 bits per heavy atom. The van der Waals surface area contributed by atoms with Gasteiger partial charge in [-0.3, -0.25) is 4.79 Å². The van der Waals surface area contributed by atoms with Crippen molar-refractivity contribution in [2.24, 2.45) is 10.2 Å². The zero-order chi connectivity index (χ0) is 19.1. The highest BCUT2D eigenvalue weighted by molar-refractivity contribution is 6.05. The highest BCUT2D eigenvalue weighted by Gasteiger charge is 2.10. The van der Waals surface area contributed by atoms with Gasteiger partial charge >= 0.3 is 0 Å². The smallest absolute Gasteiger partial charge is 0.255 e. The molecule has 27 heavy (non-hydrogen) atoms. The fourth-order valence-corrected chi connectivity index (χ4v) is 2.37. The van der Waals surface area contributed by atoms with Crippen molar-refractivity contribution in [2.75, 3.05) is 19.5 Å². The van der Waals surface area contributed by atoms with Crippen molar-refractivity contribution in [3.8, 4) is 11.5 Å². The zero-order valence-electron chi connectivity index (χ0n) is 15.0. The number of nitrogens with zero attached hydrogens (tertiary/aromatic N) is 2. The SMILES string of the molecule is COc1ccc(N=Nc2ccc(OC)cc2NC(=O)c2ccccc2)cc1. The van der Waals surface area contributed by atoms with Gasteiger partial charge in [-0.15, -0.1) is 5.11 Å². The van der Waals surface area contributed by atoms with Crippen molar-refractivity contribution in [1.82, 2.24) is 0 Å². The number of carbonyl (C=O) groups excluding carboxylic acids is 1. The minimum atomic E-state index is -0.232. The van der Waals surface area contributed by atoms with Crippen LogP contribution < -0.4 is 14.8 Å². The van der Waals surface area contributed by atoms with Gasteiger partial charge in [0.1, 0.15) is 17.2 Å². The van der Waals surface area contributed by atoms with E-state index < -0.39 is 0 Å². The van der Waals surface area contributed by atoms with Gasteiger partial charge in [0.15, 0.2) is 0 Å². The molecule has 0 aromatic heterocycles. The van der Waals surface area contributed by atoms with Crippen molar-refractivity contribution in [3.63, 3.8) is 0 Å². The standard InChI is InChI=1S/C21H19N3O3/c1-26-17-10-8-16(9-11-17)23-24-19-13-12-18(27-2)14-20(19)22-21(25)15-6-4-3-5-7-15/h3-14H,1-2H3,(H,22,25). The monoisotopic (exact) mass is 361 g/mol. The van der Waals surface area contributed by atoms with Gasteiger partial charge in [-0.05, 0) is 48.5 Å². The van der Waals surface area contributed by atoms with Crippen LogP contribution in [0, 0.1) is 0 Å². The lowest BCUT2D eigenvalue weighted by atomic mass is 10.2. The third-order valence-electron chi connectivity index (χ3n) is 3.83. The second kappa shape index (κ2) is 8.62. The summed E-state index contributed by atoms with van der Waals surface area (Å²) in [6.45, 7) is 0. The molecule has 0 spiro atoms. The molecule has 0 aliphatic heterocycles. The van der Waals surface area contributed by atoms with Gasteiger partial charge in [-0.25, -0.2) is 0 Å². The highest BCUT2D eigenvalue weighted by atomic mass is 16.5. The number of carbonyl (C=O) groups is 1. The molecule has 0 aliphatic carbocycles. The van der Waals surface area contributed by atoms with Crippen molar-refractivity contribution in [3.05, 3.63) is 78.4 Å². The first-order valence-corrected chi connectivity index (χ1v) is 8.30. The third kappa shape index (κ3) is 4.70. The fraction of sp³-hybridized carbons (Fsp3) is 0.0952. The molecule has 0 aliphatic rings. The van der Waals surface area contributed by atoms with Crippen LogP contribution >= 0.6 is 0 Å². The molecule has 136 valence electrons. The van der Waals surface area contributed by atoms with E-state index in [0.717, 1.165) is 5.75 Å². The van der Waals surface area contributed by atoms with Gasteiger partial charge in [0, 0.05) is 11.6 Å². The van der Waals surface area contributed by atoms with Crippen LogP contribution in [0.15, 0.2) is 83.0 Å². The first kappa shape index (κ1) is 18.1. The Bertz CT molecular complexity index is 939. The molecule has 6 heteroatoms. The van der Waals surface area contributed by atoms with E-state index in [-0.39, 0.29) is 5.91 Å². The molecular formula is C21H19N3O3. The fourth-order valence-electron chi connectivity index (χ4n) is 2.37. The Balaban J connectivity index is 1.85. The van der Waals surface area contributed by atoms with E-state index in [4.69, 9.17) is 9.47 Å². The first-order valence-electron chi connectivity index (χ1n) is 8.30.